The Balaban J connectivity index is 1.77. The molecule has 0 bridgehead atoms. The number of carbonyl (C=O) groups excluding carboxylic acids is 3. The topological polar surface area (TPSA) is 66.9 Å². The fraction of sp³-hybridized carbons (Fsp3) is 0.800. The van der Waals surface area contributed by atoms with Gasteiger partial charge in [0.05, 0.1) is 6.42 Å². The molecule has 0 saturated carbocycles. The number of esters is 1. The molecule has 2 heterocycles. The summed E-state index contributed by atoms with van der Waals surface area (Å²) in [7, 11) is 0. The van der Waals surface area contributed by atoms with Crippen molar-refractivity contribution in [2.24, 2.45) is 0 Å². The van der Waals surface area contributed by atoms with Gasteiger partial charge in [0.2, 0.25) is 11.8 Å². The molecule has 2 saturated heterocycles. The molecular weight excluding hydrogens is 272 g/mol. The molecule has 21 heavy (non-hydrogen) atoms. The number of piperazine rings is 1. The van der Waals surface area contributed by atoms with Crippen LogP contribution in [0.4, 0.5) is 0 Å². The predicted octanol–water partition coefficient (Wildman–Crippen LogP) is 0.942. The van der Waals surface area contributed by atoms with E-state index in [1.54, 1.807) is 4.90 Å². The van der Waals surface area contributed by atoms with Crippen LogP contribution in [0.2, 0.25) is 0 Å². The fourth-order valence-corrected chi connectivity index (χ4v) is 2.85. The molecular formula is C15H24N2O4. The van der Waals surface area contributed by atoms with Crippen molar-refractivity contribution in [1.82, 2.24) is 9.80 Å². The Labute approximate surface area is 125 Å². The maximum Gasteiger partial charge on any atom is 0.306 e. The van der Waals surface area contributed by atoms with Crippen LogP contribution in [0.25, 0.3) is 0 Å². The van der Waals surface area contributed by atoms with E-state index in [0.717, 1.165) is 6.42 Å². The molecule has 6 heteroatoms. The van der Waals surface area contributed by atoms with E-state index in [4.69, 9.17) is 4.74 Å². The lowest BCUT2D eigenvalue weighted by molar-refractivity contribution is -0.156. The molecule has 0 aliphatic carbocycles. The predicted molar refractivity (Wildman–Crippen MR) is 76.4 cm³/mol. The van der Waals surface area contributed by atoms with E-state index in [1.807, 2.05) is 25.7 Å². The van der Waals surface area contributed by atoms with E-state index in [1.165, 1.54) is 0 Å². The molecule has 2 amide bonds. The minimum absolute atomic E-state index is 0.0279. The third-order valence-electron chi connectivity index (χ3n) is 3.81. The molecule has 1 unspecified atom stereocenters. The van der Waals surface area contributed by atoms with Gasteiger partial charge >= 0.3 is 5.97 Å². The first-order valence-corrected chi connectivity index (χ1v) is 7.55. The number of ether oxygens (including phenoxy) is 1. The van der Waals surface area contributed by atoms with Crippen LogP contribution >= 0.6 is 0 Å². The third-order valence-corrected chi connectivity index (χ3v) is 3.81. The van der Waals surface area contributed by atoms with Crippen molar-refractivity contribution >= 4 is 17.8 Å². The minimum Gasteiger partial charge on any atom is -0.460 e. The molecule has 0 aromatic rings. The molecule has 2 fully saturated rings. The van der Waals surface area contributed by atoms with Crippen LogP contribution in [0.3, 0.4) is 0 Å². The average molecular weight is 296 g/mol. The standard InChI is InChI=1S/C15H24N2O4/c1-15(2,3)21-14(20)7-6-12(18)16-8-9-17-11(10-16)4-5-13(17)19/h11H,4-10H2,1-3H3. The number of rotatable bonds is 3. The lowest BCUT2D eigenvalue weighted by atomic mass is 10.1. The van der Waals surface area contributed by atoms with E-state index in [2.05, 4.69) is 0 Å². The van der Waals surface area contributed by atoms with Crippen LogP contribution in [-0.4, -0.2) is 58.9 Å². The van der Waals surface area contributed by atoms with Crippen LogP contribution in [0.1, 0.15) is 46.5 Å². The summed E-state index contributed by atoms with van der Waals surface area (Å²) in [5.74, 6) is -0.175. The highest BCUT2D eigenvalue weighted by atomic mass is 16.6. The highest BCUT2D eigenvalue weighted by molar-refractivity contribution is 5.83. The summed E-state index contributed by atoms with van der Waals surface area (Å²) in [4.78, 5) is 39.0. The number of hydrogen-bond acceptors (Lipinski definition) is 4. The first-order chi connectivity index (χ1) is 9.76. The van der Waals surface area contributed by atoms with Crippen LogP contribution in [-0.2, 0) is 19.1 Å². The molecule has 0 radical (unpaired) electrons. The van der Waals surface area contributed by atoms with E-state index in [9.17, 15) is 14.4 Å². The summed E-state index contributed by atoms with van der Waals surface area (Å²) < 4.78 is 5.20. The number of hydrogen-bond donors (Lipinski definition) is 0. The van der Waals surface area contributed by atoms with Gasteiger partial charge in [0, 0.05) is 38.5 Å². The van der Waals surface area contributed by atoms with Gasteiger partial charge in [-0.3, -0.25) is 14.4 Å². The van der Waals surface area contributed by atoms with Gasteiger partial charge < -0.3 is 14.5 Å². The Bertz CT molecular complexity index is 441. The minimum atomic E-state index is -0.518. The highest BCUT2D eigenvalue weighted by Gasteiger charge is 2.36. The SMILES string of the molecule is CC(C)(C)OC(=O)CCC(=O)N1CCN2C(=O)CCC2C1. The van der Waals surface area contributed by atoms with Crippen molar-refractivity contribution < 1.29 is 19.1 Å². The van der Waals surface area contributed by atoms with Gasteiger partial charge in [-0.1, -0.05) is 0 Å². The van der Waals surface area contributed by atoms with Gasteiger partial charge in [-0.2, -0.15) is 0 Å². The van der Waals surface area contributed by atoms with E-state index in [-0.39, 0.29) is 36.7 Å². The maximum atomic E-state index is 12.2. The van der Waals surface area contributed by atoms with Crippen molar-refractivity contribution in [1.29, 1.82) is 0 Å². The van der Waals surface area contributed by atoms with Crippen molar-refractivity contribution in [3.8, 4) is 0 Å². The summed E-state index contributed by atoms with van der Waals surface area (Å²) in [6.07, 6.45) is 1.70. The number of fused-ring (bicyclic) bond motifs is 1. The van der Waals surface area contributed by atoms with Crippen LogP contribution in [0, 0.1) is 0 Å². The molecule has 1 atom stereocenters. The molecule has 2 aliphatic rings. The maximum absolute atomic E-state index is 12.2. The third kappa shape index (κ3) is 4.19. The Morgan fingerprint density at radius 3 is 2.62 bits per heavy atom. The molecule has 118 valence electrons. The largest absolute Gasteiger partial charge is 0.460 e. The number of carbonyl (C=O) groups is 3. The first kappa shape index (κ1) is 15.8. The zero-order valence-corrected chi connectivity index (χ0v) is 13.1. The Morgan fingerprint density at radius 2 is 1.95 bits per heavy atom. The van der Waals surface area contributed by atoms with Crippen molar-refractivity contribution in [2.75, 3.05) is 19.6 Å². The van der Waals surface area contributed by atoms with Gasteiger partial charge in [0.25, 0.3) is 0 Å². The van der Waals surface area contributed by atoms with E-state index in [0.29, 0.717) is 26.1 Å². The Kier molecular flexibility index (Phi) is 4.54. The van der Waals surface area contributed by atoms with Gasteiger partial charge in [-0.25, -0.2) is 0 Å². The molecule has 0 spiro atoms. The molecule has 6 nitrogen and oxygen atoms in total. The van der Waals surface area contributed by atoms with Gasteiger partial charge in [-0.05, 0) is 27.2 Å². The second-order valence-electron chi connectivity index (χ2n) is 6.71. The van der Waals surface area contributed by atoms with E-state index >= 15 is 0 Å². The van der Waals surface area contributed by atoms with Gasteiger partial charge in [0.1, 0.15) is 5.60 Å². The summed E-state index contributed by atoms with van der Waals surface area (Å²) in [6, 6.07) is 0.164. The quantitative estimate of drug-likeness (QED) is 0.727. The second-order valence-corrected chi connectivity index (χ2v) is 6.71. The summed E-state index contributed by atoms with van der Waals surface area (Å²) >= 11 is 0. The highest BCUT2D eigenvalue weighted by Crippen LogP contribution is 2.23. The molecule has 2 aliphatic heterocycles. The Hall–Kier alpha value is -1.59. The molecule has 0 aromatic heterocycles. The zero-order chi connectivity index (χ0) is 15.6. The second kappa shape index (κ2) is 6.03. The smallest absolute Gasteiger partial charge is 0.306 e. The Morgan fingerprint density at radius 1 is 1.24 bits per heavy atom. The lowest BCUT2D eigenvalue weighted by Crippen LogP contribution is -2.53. The normalized spacial score (nSPS) is 22.2. The molecule has 0 aromatic carbocycles. The first-order valence-electron chi connectivity index (χ1n) is 7.55. The number of amides is 2. The van der Waals surface area contributed by atoms with Crippen molar-refractivity contribution in [2.45, 2.75) is 58.1 Å². The summed E-state index contributed by atoms with van der Waals surface area (Å²) in [6.45, 7) is 7.20. The monoisotopic (exact) mass is 296 g/mol. The molecule has 2 rings (SSSR count). The van der Waals surface area contributed by atoms with Crippen LogP contribution < -0.4 is 0 Å². The molecule has 0 N–H and O–H groups in total. The van der Waals surface area contributed by atoms with Gasteiger partial charge in [-0.15, -0.1) is 0 Å². The number of nitrogens with zero attached hydrogens (tertiary/aromatic N) is 2. The van der Waals surface area contributed by atoms with E-state index < -0.39 is 5.60 Å². The van der Waals surface area contributed by atoms with Crippen molar-refractivity contribution in [3.05, 3.63) is 0 Å². The summed E-state index contributed by atoms with van der Waals surface area (Å²) in [5, 5.41) is 0. The summed E-state index contributed by atoms with van der Waals surface area (Å²) in [5.41, 5.74) is -0.518. The lowest BCUT2D eigenvalue weighted by Gasteiger charge is -2.37. The van der Waals surface area contributed by atoms with Crippen molar-refractivity contribution in [3.63, 3.8) is 0 Å². The average Bonchev–Trinajstić information content (AvgIpc) is 2.75. The van der Waals surface area contributed by atoms with Gasteiger partial charge in [0.15, 0.2) is 0 Å². The zero-order valence-electron chi connectivity index (χ0n) is 13.1. The van der Waals surface area contributed by atoms with Crippen LogP contribution in [0.15, 0.2) is 0 Å². The van der Waals surface area contributed by atoms with Crippen LogP contribution in [0.5, 0.6) is 0 Å². The fourth-order valence-electron chi connectivity index (χ4n) is 2.85.